The monoisotopic (exact) mass is 287 g/mol. The van der Waals surface area contributed by atoms with Crippen molar-refractivity contribution in [3.63, 3.8) is 0 Å². The molecule has 2 aromatic rings. The number of hydrogen-bond acceptors (Lipinski definition) is 3. The molecule has 5 nitrogen and oxygen atoms in total. The van der Waals surface area contributed by atoms with Gasteiger partial charge in [0.2, 0.25) is 0 Å². The standard InChI is InChI=1S/C14H13N3O2S/c18-13(19)10-6-8-12(9-7-10)16-17-14(20)15-11-4-2-1-3-5-11/h1-9,16H,(H,18,19)(H2,15,17,20). The Kier molecular flexibility index (Phi) is 4.52. The lowest BCUT2D eigenvalue weighted by Gasteiger charge is -2.12. The largest absolute Gasteiger partial charge is 0.478 e. The van der Waals surface area contributed by atoms with E-state index in [4.69, 9.17) is 17.3 Å². The van der Waals surface area contributed by atoms with E-state index < -0.39 is 5.97 Å². The zero-order valence-corrected chi connectivity index (χ0v) is 11.3. The van der Waals surface area contributed by atoms with Gasteiger partial charge in [-0.2, -0.15) is 0 Å². The second-order valence-corrected chi connectivity index (χ2v) is 4.36. The van der Waals surface area contributed by atoms with Crippen molar-refractivity contribution in [3.8, 4) is 0 Å². The average molecular weight is 287 g/mol. The van der Waals surface area contributed by atoms with Crippen LogP contribution < -0.4 is 16.2 Å². The summed E-state index contributed by atoms with van der Waals surface area (Å²) in [7, 11) is 0. The molecule has 0 saturated heterocycles. The van der Waals surface area contributed by atoms with Gasteiger partial charge in [0, 0.05) is 5.69 Å². The van der Waals surface area contributed by atoms with Crippen molar-refractivity contribution in [2.45, 2.75) is 0 Å². The molecule has 0 unspecified atom stereocenters. The van der Waals surface area contributed by atoms with Gasteiger partial charge in [0.25, 0.3) is 0 Å². The van der Waals surface area contributed by atoms with Crippen molar-refractivity contribution < 1.29 is 9.90 Å². The highest BCUT2D eigenvalue weighted by molar-refractivity contribution is 7.80. The van der Waals surface area contributed by atoms with Crippen LogP contribution in [0.3, 0.4) is 0 Å². The topological polar surface area (TPSA) is 73.4 Å². The summed E-state index contributed by atoms with van der Waals surface area (Å²) in [6, 6.07) is 15.9. The zero-order valence-electron chi connectivity index (χ0n) is 10.5. The first-order chi connectivity index (χ1) is 9.65. The number of carboxylic acid groups (broad SMARTS) is 1. The van der Waals surface area contributed by atoms with Crippen LogP contribution in [0.25, 0.3) is 0 Å². The molecule has 102 valence electrons. The van der Waals surface area contributed by atoms with Gasteiger partial charge in [-0.15, -0.1) is 0 Å². The van der Waals surface area contributed by atoms with Crippen LogP contribution in [0.1, 0.15) is 10.4 Å². The number of para-hydroxylation sites is 1. The number of hydrazine groups is 1. The van der Waals surface area contributed by atoms with Crippen LogP contribution in [0.15, 0.2) is 54.6 Å². The number of carbonyl (C=O) groups is 1. The number of nitrogens with one attached hydrogen (secondary N) is 3. The lowest BCUT2D eigenvalue weighted by atomic mass is 10.2. The van der Waals surface area contributed by atoms with Crippen molar-refractivity contribution in [3.05, 3.63) is 60.2 Å². The Morgan fingerprint density at radius 1 is 0.950 bits per heavy atom. The Balaban J connectivity index is 1.85. The van der Waals surface area contributed by atoms with E-state index in [9.17, 15) is 4.79 Å². The first-order valence-corrected chi connectivity index (χ1v) is 6.27. The third kappa shape index (κ3) is 3.96. The molecule has 0 radical (unpaired) electrons. The molecule has 0 aliphatic carbocycles. The lowest BCUT2D eigenvalue weighted by Crippen LogP contribution is -2.33. The van der Waals surface area contributed by atoms with E-state index in [-0.39, 0.29) is 5.56 Å². The summed E-state index contributed by atoms with van der Waals surface area (Å²) >= 11 is 5.12. The van der Waals surface area contributed by atoms with Crippen molar-refractivity contribution in [1.82, 2.24) is 5.43 Å². The number of rotatable bonds is 4. The molecule has 0 heterocycles. The summed E-state index contributed by atoms with van der Waals surface area (Å²) in [5.41, 5.74) is 7.54. The number of anilines is 2. The van der Waals surface area contributed by atoms with Crippen molar-refractivity contribution in [2.24, 2.45) is 0 Å². The van der Waals surface area contributed by atoms with E-state index in [1.165, 1.54) is 12.1 Å². The van der Waals surface area contributed by atoms with E-state index in [2.05, 4.69) is 16.2 Å². The third-order valence-corrected chi connectivity index (χ3v) is 2.69. The Hall–Kier alpha value is -2.60. The van der Waals surface area contributed by atoms with Crippen LogP contribution in [0.4, 0.5) is 11.4 Å². The third-order valence-electron chi connectivity index (χ3n) is 2.48. The summed E-state index contributed by atoms with van der Waals surface area (Å²) in [4.78, 5) is 10.7. The van der Waals surface area contributed by atoms with Crippen LogP contribution in [-0.4, -0.2) is 16.2 Å². The number of benzene rings is 2. The maximum atomic E-state index is 10.7. The van der Waals surface area contributed by atoms with E-state index in [0.717, 1.165) is 5.69 Å². The van der Waals surface area contributed by atoms with Gasteiger partial charge in [0.05, 0.1) is 11.3 Å². The van der Waals surface area contributed by atoms with Gasteiger partial charge in [-0.05, 0) is 48.6 Å². The SMILES string of the molecule is O=C(O)c1ccc(NNC(=S)Nc2ccccc2)cc1. The van der Waals surface area contributed by atoms with Gasteiger partial charge in [0.1, 0.15) is 0 Å². The smallest absolute Gasteiger partial charge is 0.335 e. The molecule has 0 aliphatic heterocycles. The normalized spacial score (nSPS) is 9.60. The van der Waals surface area contributed by atoms with Crippen molar-refractivity contribution >= 4 is 34.7 Å². The summed E-state index contributed by atoms with van der Waals surface area (Å²) in [6.45, 7) is 0. The second kappa shape index (κ2) is 6.53. The van der Waals surface area contributed by atoms with E-state index in [1.807, 2.05) is 30.3 Å². The molecule has 2 aromatic carbocycles. The molecule has 0 atom stereocenters. The molecule has 2 rings (SSSR count). The van der Waals surface area contributed by atoms with Crippen LogP contribution in [-0.2, 0) is 0 Å². The van der Waals surface area contributed by atoms with Crippen LogP contribution >= 0.6 is 12.2 Å². The minimum absolute atomic E-state index is 0.237. The highest BCUT2D eigenvalue weighted by Gasteiger charge is 2.01. The summed E-state index contributed by atoms with van der Waals surface area (Å²) < 4.78 is 0. The Labute approximate surface area is 121 Å². The number of hydrogen-bond donors (Lipinski definition) is 4. The predicted molar refractivity (Wildman–Crippen MR) is 82.8 cm³/mol. The van der Waals surface area contributed by atoms with Crippen molar-refractivity contribution in [1.29, 1.82) is 0 Å². The Bertz CT molecular complexity index is 600. The molecule has 0 saturated carbocycles. The van der Waals surface area contributed by atoms with Crippen molar-refractivity contribution in [2.75, 3.05) is 10.7 Å². The molecular formula is C14H13N3O2S. The van der Waals surface area contributed by atoms with E-state index in [1.54, 1.807) is 12.1 Å². The van der Waals surface area contributed by atoms with Gasteiger partial charge >= 0.3 is 5.97 Å². The Morgan fingerprint density at radius 2 is 1.60 bits per heavy atom. The average Bonchev–Trinajstić information content (AvgIpc) is 2.46. The molecule has 0 spiro atoms. The quantitative estimate of drug-likeness (QED) is 0.512. The molecular weight excluding hydrogens is 274 g/mol. The van der Waals surface area contributed by atoms with E-state index >= 15 is 0 Å². The van der Waals surface area contributed by atoms with Gasteiger partial charge < -0.3 is 10.4 Å². The molecule has 0 aliphatic rings. The van der Waals surface area contributed by atoms with Gasteiger partial charge in [-0.1, -0.05) is 18.2 Å². The van der Waals surface area contributed by atoms with E-state index in [0.29, 0.717) is 10.8 Å². The van der Waals surface area contributed by atoms with Crippen LogP contribution in [0.2, 0.25) is 0 Å². The minimum Gasteiger partial charge on any atom is -0.478 e. The van der Waals surface area contributed by atoms with Gasteiger partial charge in [-0.3, -0.25) is 10.9 Å². The number of carboxylic acids is 1. The maximum Gasteiger partial charge on any atom is 0.335 e. The molecule has 20 heavy (non-hydrogen) atoms. The summed E-state index contributed by atoms with van der Waals surface area (Å²) in [5, 5.41) is 12.2. The van der Waals surface area contributed by atoms with Gasteiger partial charge in [-0.25, -0.2) is 4.79 Å². The van der Waals surface area contributed by atoms with Crippen LogP contribution in [0.5, 0.6) is 0 Å². The zero-order chi connectivity index (χ0) is 14.4. The first kappa shape index (κ1) is 13.8. The molecule has 6 heteroatoms. The highest BCUT2D eigenvalue weighted by atomic mass is 32.1. The number of thiocarbonyl (C=S) groups is 1. The first-order valence-electron chi connectivity index (χ1n) is 5.86. The Morgan fingerprint density at radius 3 is 2.20 bits per heavy atom. The minimum atomic E-state index is -0.953. The molecule has 4 N–H and O–H groups in total. The highest BCUT2D eigenvalue weighted by Crippen LogP contribution is 2.08. The molecule has 0 fully saturated rings. The van der Waals surface area contributed by atoms with Gasteiger partial charge in [0.15, 0.2) is 5.11 Å². The molecule has 0 amide bonds. The lowest BCUT2D eigenvalue weighted by molar-refractivity contribution is 0.0697. The second-order valence-electron chi connectivity index (χ2n) is 3.95. The summed E-state index contributed by atoms with van der Waals surface area (Å²) in [5.74, 6) is -0.953. The number of aromatic carboxylic acids is 1. The fraction of sp³-hybridized carbons (Fsp3) is 0. The van der Waals surface area contributed by atoms with Crippen LogP contribution in [0, 0.1) is 0 Å². The predicted octanol–water partition coefficient (Wildman–Crippen LogP) is 2.70. The maximum absolute atomic E-state index is 10.7. The summed E-state index contributed by atoms with van der Waals surface area (Å²) in [6.07, 6.45) is 0. The molecule has 0 bridgehead atoms. The fourth-order valence-corrected chi connectivity index (χ4v) is 1.68. The fourth-order valence-electron chi connectivity index (χ4n) is 1.51. The molecule has 0 aromatic heterocycles.